The first-order valence-corrected chi connectivity index (χ1v) is 16.6. The Morgan fingerprint density at radius 1 is 0.917 bits per heavy atom. The molecular weight excluding hydrogens is 638 g/mol. The van der Waals surface area contributed by atoms with Gasteiger partial charge in [0.1, 0.15) is 6.04 Å². The van der Waals surface area contributed by atoms with E-state index in [9.17, 15) is 19.2 Å². The third-order valence-electron chi connectivity index (χ3n) is 8.62. The van der Waals surface area contributed by atoms with Gasteiger partial charge in [0.25, 0.3) is 0 Å². The molecule has 1 fully saturated rings. The lowest BCUT2D eigenvalue weighted by atomic mass is 10.1. The Morgan fingerprint density at radius 3 is 2.17 bits per heavy atom. The molecule has 0 spiro atoms. The minimum atomic E-state index is -0.681. The molecule has 4 rings (SSSR count). The van der Waals surface area contributed by atoms with Crippen LogP contribution in [0.5, 0.6) is 0 Å². The number of hydrogen-bond acceptors (Lipinski definition) is 8. The SMILES string of the molecule is C[C@@H](OCc1ccc(CCCOCCCOCCCc2ccc3c(c2)n(C)c(=O)n3C2CCC(=O)NC2=O)cc1)[C@@H](N)CCC(N)=O.Cl. The van der Waals surface area contributed by atoms with Crippen LogP contribution in [0.15, 0.2) is 47.3 Å². The molecule has 1 unspecified atom stereocenters. The lowest BCUT2D eigenvalue weighted by Gasteiger charge is -2.21. The highest BCUT2D eigenvalue weighted by molar-refractivity contribution is 6.00. The highest BCUT2D eigenvalue weighted by atomic mass is 35.5. The predicted octanol–water partition coefficient (Wildman–Crippen LogP) is 3.23. The molecule has 12 nitrogen and oxygen atoms in total. The van der Waals surface area contributed by atoms with Crippen LogP contribution in [0.1, 0.15) is 74.6 Å². The number of nitrogens with two attached hydrogens (primary N) is 2. The van der Waals surface area contributed by atoms with E-state index in [1.54, 1.807) is 11.6 Å². The van der Waals surface area contributed by atoms with Gasteiger partial charge in [0.2, 0.25) is 17.7 Å². The molecule has 1 aromatic heterocycles. The van der Waals surface area contributed by atoms with Gasteiger partial charge in [0.15, 0.2) is 0 Å². The summed E-state index contributed by atoms with van der Waals surface area (Å²) in [4.78, 5) is 47.8. The second-order valence-electron chi connectivity index (χ2n) is 12.3. The summed E-state index contributed by atoms with van der Waals surface area (Å²) in [7, 11) is 1.70. The number of benzene rings is 2. The zero-order valence-electron chi connectivity index (χ0n) is 28.0. The average Bonchev–Trinajstić information content (AvgIpc) is 3.30. The number of aromatic nitrogens is 2. The molecule has 0 aliphatic carbocycles. The molecule has 0 radical (unpaired) electrons. The lowest BCUT2D eigenvalue weighted by Crippen LogP contribution is -2.44. The van der Waals surface area contributed by atoms with Gasteiger partial charge >= 0.3 is 5.69 Å². The molecule has 3 amide bonds. The van der Waals surface area contributed by atoms with Crippen molar-refractivity contribution in [1.29, 1.82) is 0 Å². The van der Waals surface area contributed by atoms with E-state index in [-0.39, 0.29) is 54.9 Å². The fourth-order valence-corrected chi connectivity index (χ4v) is 5.72. The van der Waals surface area contributed by atoms with Gasteiger partial charge in [0.05, 0.1) is 23.7 Å². The summed E-state index contributed by atoms with van der Waals surface area (Å²) in [5, 5.41) is 2.34. The number of imide groups is 1. The maximum absolute atomic E-state index is 12.9. The minimum absolute atomic E-state index is 0. The Bertz CT molecular complexity index is 1560. The smallest absolute Gasteiger partial charge is 0.329 e. The van der Waals surface area contributed by atoms with Gasteiger partial charge < -0.3 is 25.7 Å². The Balaban J connectivity index is 0.00000625. The second kappa shape index (κ2) is 19.4. The van der Waals surface area contributed by atoms with E-state index in [0.29, 0.717) is 51.4 Å². The third kappa shape index (κ3) is 11.3. The topological polar surface area (TPSA) is 170 Å². The van der Waals surface area contributed by atoms with Crippen LogP contribution in [0.25, 0.3) is 11.0 Å². The minimum Gasteiger partial charge on any atom is -0.381 e. The Labute approximate surface area is 287 Å². The van der Waals surface area contributed by atoms with E-state index in [2.05, 4.69) is 29.6 Å². The molecule has 13 heteroatoms. The van der Waals surface area contributed by atoms with E-state index in [1.807, 2.05) is 25.1 Å². The summed E-state index contributed by atoms with van der Waals surface area (Å²) < 4.78 is 20.5. The quantitative estimate of drug-likeness (QED) is 0.120. The van der Waals surface area contributed by atoms with E-state index < -0.39 is 11.9 Å². The number of aryl methyl sites for hydroxylation is 3. The van der Waals surface area contributed by atoms with Crippen LogP contribution < -0.4 is 22.5 Å². The van der Waals surface area contributed by atoms with Crippen LogP contribution in [0.4, 0.5) is 0 Å². The maximum atomic E-state index is 12.9. The molecule has 264 valence electrons. The number of hydrogen-bond donors (Lipinski definition) is 3. The number of fused-ring (bicyclic) bond motifs is 1. The average molecular weight is 688 g/mol. The summed E-state index contributed by atoms with van der Waals surface area (Å²) in [6, 6.07) is 13.3. The van der Waals surface area contributed by atoms with Crippen molar-refractivity contribution in [3.05, 3.63) is 69.6 Å². The Hall–Kier alpha value is -3.55. The molecule has 3 aromatic rings. The molecule has 1 aliphatic heterocycles. The number of nitrogens with zero attached hydrogens (tertiary/aromatic N) is 2. The van der Waals surface area contributed by atoms with Gasteiger partial charge in [-0.1, -0.05) is 30.3 Å². The molecule has 1 saturated heterocycles. The van der Waals surface area contributed by atoms with Gasteiger partial charge in [0, 0.05) is 52.4 Å². The Morgan fingerprint density at radius 2 is 1.52 bits per heavy atom. The van der Waals surface area contributed by atoms with Crippen molar-refractivity contribution < 1.29 is 28.6 Å². The molecule has 3 atom stereocenters. The number of amides is 3. The van der Waals surface area contributed by atoms with Crippen molar-refractivity contribution >= 4 is 41.2 Å². The number of ether oxygens (including phenoxy) is 3. The first-order chi connectivity index (χ1) is 22.6. The molecule has 2 heterocycles. The fourth-order valence-electron chi connectivity index (χ4n) is 5.72. The van der Waals surface area contributed by atoms with Crippen LogP contribution in [0.2, 0.25) is 0 Å². The summed E-state index contributed by atoms with van der Waals surface area (Å²) in [5.74, 6) is -1.08. The van der Waals surface area contributed by atoms with Crippen molar-refractivity contribution in [2.24, 2.45) is 18.5 Å². The fraction of sp³-hybridized carbons (Fsp3) is 0.543. The molecule has 48 heavy (non-hydrogen) atoms. The molecule has 5 N–H and O–H groups in total. The van der Waals surface area contributed by atoms with Gasteiger partial charge in [-0.3, -0.25) is 28.8 Å². The van der Waals surface area contributed by atoms with Gasteiger partial charge in [-0.2, -0.15) is 0 Å². The van der Waals surface area contributed by atoms with Crippen LogP contribution >= 0.6 is 12.4 Å². The highest BCUT2D eigenvalue weighted by Gasteiger charge is 2.31. The first-order valence-electron chi connectivity index (χ1n) is 16.6. The number of imidazole rings is 1. The molecule has 0 bridgehead atoms. The maximum Gasteiger partial charge on any atom is 0.329 e. The van der Waals surface area contributed by atoms with Crippen molar-refractivity contribution in [1.82, 2.24) is 14.5 Å². The third-order valence-corrected chi connectivity index (χ3v) is 8.62. The lowest BCUT2D eigenvalue weighted by molar-refractivity contribution is -0.135. The summed E-state index contributed by atoms with van der Waals surface area (Å²) in [6.45, 7) is 5.01. The number of halogens is 1. The largest absolute Gasteiger partial charge is 0.381 e. The second-order valence-corrected chi connectivity index (χ2v) is 12.3. The van der Waals surface area contributed by atoms with Crippen LogP contribution in [0, 0.1) is 0 Å². The number of primary amides is 1. The van der Waals surface area contributed by atoms with Crippen molar-refractivity contribution in [2.75, 3.05) is 26.4 Å². The molecule has 2 aromatic carbocycles. The molecule has 0 saturated carbocycles. The van der Waals surface area contributed by atoms with E-state index in [4.69, 9.17) is 25.7 Å². The standard InChI is InChI=1S/C35H49N5O7.ClH/c1-24(28(36)13-16-32(37)41)47-23-27-10-8-25(9-11-27)6-3-18-45-20-5-21-46-19-4-7-26-12-14-29-31(22-26)39(2)35(44)40(29)30-15-17-33(42)38-34(30)43;/h8-12,14,22,24,28,30H,3-7,13,15-21,23,36H2,1-2H3,(H2,37,41)(H,38,42,43);1H/t24-,28+,30?;/m1./s1. The van der Waals surface area contributed by atoms with E-state index in [0.717, 1.165) is 48.7 Å². The molecular formula is C35H50ClN5O7. The normalized spacial score (nSPS) is 16.0. The summed E-state index contributed by atoms with van der Waals surface area (Å²) in [5.41, 5.74) is 15.9. The van der Waals surface area contributed by atoms with Crippen LogP contribution in [-0.4, -0.2) is 65.4 Å². The van der Waals surface area contributed by atoms with Gasteiger partial charge in [-0.25, -0.2) is 4.79 Å². The monoisotopic (exact) mass is 687 g/mol. The summed E-state index contributed by atoms with van der Waals surface area (Å²) in [6.07, 6.45) is 5.53. The number of nitrogens with one attached hydrogen (secondary N) is 1. The number of carbonyl (C=O) groups is 3. The first kappa shape index (κ1) is 38.9. The van der Waals surface area contributed by atoms with Crippen LogP contribution in [0.3, 0.4) is 0 Å². The number of piperidine rings is 1. The number of rotatable bonds is 20. The van der Waals surface area contributed by atoms with Gasteiger partial charge in [-0.15, -0.1) is 12.4 Å². The number of carbonyl (C=O) groups excluding carboxylic acids is 3. The van der Waals surface area contributed by atoms with Gasteiger partial charge in [-0.05, 0) is 80.7 Å². The van der Waals surface area contributed by atoms with Crippen molar-refractivity contribution in [2.45, 2.75) is 89.5 Å². The van der Waals surface area contributed by atoms with Crippen molar-refractivity contribution in [3.8, 4) is 0 Å². The highest BCUT2D eigenvalue weighted by Crippen LogP contribution is 2.24. The summed E-state index contributed by atoms with van der Waals surface area (Å²) >= 11 is 0. The molecule has 1 aliphatic rings. The zero-order valence-corrected chi connectivity index (χ0v) is 28.8. The van der Waals surface area contributed by atoms with Crippen LogP contribution in [-0.2, 0) is 55.1 Å². The predicted molar refractivity (Wildman–Crippen MR) is 186 cm³/mol. The van der Waals surface area contributed by atoms with E-state index in [1.165, 1.54) is 10.1 Å². The van der Waals surface area contributed by atoms with E-state index >= 15 is 0 Å². The van der Waals surface area contributed by atoms with Crippen molar-refractivity contribution in [3.63, 3.8) is 0 Å². The Kier molecular flexibility index (Phi) is 15.8. The zero-order chi connectivity index (χ0) is 33.8.